The van der Waals surface area contributed by atoms with Gasteiger partial charge in [0.1, 0.15) is 9.84 Å². The van der Waals surface area contributed by atoms with Gasteiger partial charge in [-0.2, -0.15) is 0 Å². The van der Waals surface area contributed by atoms with Crippen molar-refractivity contribution < 1.29 is 17.9 Å². The Kier molecular flexibility index (Phi) is 12.6. The normalized spacial score (nSPS) is 12.7. The lowest BCUT2D eigenvalue weighted by atomic mass is 10.1. The number of ether oxygens (including phenoxy) is 2. The Morgan fingerprint density at radius 2 is 1.86 bits per heavy atom. The maximum Gasteiger partial charge on any atom is 0.191 e. The SMILES string of the molecule is CN=C(NCCOCCS(C)(=O)=O)NCC(C)(C)OC.I. The van der Waals surface area contributed by atoms with Crippen LogP contribution in [0.2, 0.25) is 0 Å². The second kappa shape index (κ2) is 11.4. The number of nitrogens with one attached hydrogen (secondary N) is 2. The average Bonchev–Trinajstić information content (AvgIpc) is 2.35. The fraction of sp³-hybridized carbons (Fsp3) is 0.917. The Morgan fingerprint density at radius 3 is 2.33 bits per heavy atom. The van der Waals surface area contributed by atoms with E-state index in [1.165, 1.54) is 6.26 Å². The van der Waals surface area contributed by atoms with Crippen molar-refractivity contribution in [2.24, 2.45) is 4.99 Å². The Morgan fingerprint density at radius 1 is 1.24 bits per heavy atom. The summed E-state index contributed by atoms with van der Waals surface area (Å²) in [6.45, 7) is 5.76. The van der Waals surface area contributed by atoms with Gasteiger partial charge in [-0.3, -0.25) is 4.99 Å². The average molecular weight is 437 g/mol. The summed E-state index contributed by atoms with van der Waals surface area (Å²) in [4.78, 5) is 4.07. The van der Waals surface area contributed by atoms with E-state index >= 15 is 0 Å². The molecule has 128 valence electrons. The molecule has 0 fully saturated rings. The van der Waals surface area contributed by atoms with Crippen LogP contribution >= 0.6 is 24.0 Å². The van der Waals surface area contributed by atoms with Crippen LogP contribution in [-0.2, 0) is 19.3 Å². The molecule has 0 spiro atoms. The molecule has 2 N–H and O–H groups in total. The molecular weight excluding hydrogens is 409 g/mol. The molecule has 0 aromatic rings. The third-order valence-electron chi connectivity index (χ3n) is 2.60. The highest BCUT2D eigenvalue weighted by Crippen LogP contribution is 2.04. The van der Waals surface area contributed by atoms with Gasteiger partial charge in [-0.1, -0.05) is 0 Å². The highest BCUT2D eigenvalue weighted by atomic mass is 127. The molecule has 9 heteroatoms. The van der Waals surface area contributed by atoms with Crippen LogP contribution in [-0.4, -0.2) is 72.4 Å². The van der Waals surface area contributed by atoms with Crippen molar-refractivity contribution >= 4 is 39.8 Å². The zero-order chi connectivity index (χ0) is 15.6. The maximum absolute atomic E-state index is 10.9. The summed E-state index contributed by atoms with van der Waals surface area (Å²) in [5, 5.41) is 6.21. The Labute approximate surface area is 145 Å². The van der Waals surface area contributed by atoms with Crippen molar-refractivity contribution in [1.29, 1.82) is 0 Å². The topological polar surface area (TPSA) is 89.0 Å². The molecule has 0 heterocycles. The second-order valence-corrected chi connectivity index (χ2v) is 7.32. The fourth-order valence-electron chi connectivity index (χ4n) is 1.14. The molecular formula is C12H28IN3O4S. The van der Waals surface area contributed by atoms with Gasteiger partial charge in [0, 0.05) is 33.5 Å². The molecule has 0 aromatic carbocycles. The van der Waals surface area contributed by atoms with E-state index in [2.05, 4.69) is 15.6 Å². The summed E-state index contributed by atoms with van der Waals surface area (Å²) < 4.78 is 32.3. The van der Waals surface area contributed by atoms with Crippen molar-refractivity contribution in [2.45, 2.75) is 19.4 Å². The predicted octanol–water partition coefficient (Wildman–Crippen LogP) is 0.256. The largest absolute Gasteiger partial charge is 0.379 e. The third kappa shape index (κ3) is 14.6. The standard InChI is InChI=1S/C12H27N3O4S.HI/c1-12(2,18-4)10-15-11(13-3)14-6-7-19-8-9-20(5,16)17;/h6-10H2,1-5H3,(H2,13,14,15);1H. The van der Waals surface area contributed by atoms with E-state index in [1.54, 1.807) is 14.2 Å². The van der Waals surface area contributed by atoms with Gasteiger partial charge in [-0.25, -0.2) is 8.42 Å². The number of halogens is 1. The van der Waals surface area contributed by atoms with Crippen molar-refractivity contribution in [3.63, 3.8) is 0 Å². The highest BCUT2D eigenvalue weighted by molar-refractivity contribution is 14.0. The van der Waals surface area contributed by atoms with Gasteiger partial charge in [-0.15, -0.1) is 24.0 Å². The van der Waals surface area contributed by atoms with Crippen molar-refractivity contribution in [3.05, 3.63) is 0 Å². The van der Waals surface area contributed by atoms with Crippen LogP contribution in [0.25, 0.3) is 0 Å². The van der Waals surface area contributed by atoms with Gasteiger partial charge in [0.15, 0.2) is 5.96 Å². The molecule has 0 amide bonds. The molecule has 0 rings (SSSR count). The van der Waals surface area contributed by atoms with E-state index in [-0.39, 0.29) is 41.9 Å². The summed E-state index contributed by atoms with van der Waals surface area (Å²) in [6.07, 6.45) is 1.19. The van der Waals surface area contributed by atoms with Crippen molar-refractivity contribution in [2.75, 3.05) is 52.5 Å². The molecule has 21 heavy (non-hydrogen) atoms. The Hall–Kier alpha value is -0.130. The molecule has 0 bridgehead atoms. The van der Waals surface area contributed by atoms with Crippen LogP contribution in [0.3, 0.4) is 0 Å². The first kappa shape index (κ1) is 23.1. The second-order valence-electron chi connectivity index (χ2n) is 5.06. The molecule has 0 atom stereocenters. The van der Waals surface area contributed by atoms with Crippen LogP contribution in [0.4, 0.5) is 0 Å². The third-order valence-corrected chi connectivity index (χ3v) is 3.50. The lowest BCUT2D eigenvalue weighted by Gasteiger charge is -2.24. The number of guanidine groups is 1. The Bertz CT molecular complexity index is 399. The molecule has 0 radical (unpaired) electrons. The summed E-state index contributed by atoms with van der Waals surface area (Å²) in [6, 6.07) is 0. The fourth-order valence-corrected chi connectivity index (χ4v) is 1.56. The first-order valence-corrected chi connectivity index (χ1v) is 8.51. The molecule has 0 aliphatic rings. The van der Waals surface area contributed by atoms with Gasteiger partial charge in [0.05, 0.1) is 24.6 Å². The minimum absolute atomic E-state index is 0. The minimum atomic E-state index is -2.96. The van der Waals surface area contributed by atoms with Gasteiger partial charge in [-0.05, 0) is 13.8 Å². The van der Waals surface area contributed by atoms with E-state index in [4.69, 9.17) is 9.47 Å². The Balaban J connectivity index is 0. The van der Waals surface area contributed by atoms with E-state index < -0.39 is 9.84 Å². The van der Waals surface area contributed by atoms with Gasteiger partial charge >= 0.3 is 0 Å². The first-order chi connectivity index (χ1) is 9.20. The maximum atomic E-state index is 10.9. The smallest absolute Gasteiger partial charge is 0.191 e. The van der Waals surface area contributed by atoms with E-state index in [9.17, 15) is 8.42 Å². The van der Waals surface area contributed by atoms with Crippen molar-refractivity contribution in [1.82, 2.24) is 10.6 Å². The first-order valence-electron chi connectivity index (χ1n) is 6.45. The quantitative estimate of drug-likeness (QED) is 0.233. The van der Waals surface area contributed by atoms with Crippen LogP contribution in [0.15, 0.2) is 4.99 Å². The predicted molar refractivity (Wildman–Crippen MR) is 96.4 cm³/mol. The van der Waals surface area contributed by atoms with Crippen LogP contribution in [0, 0.1) is 0 Å². The summed E-state index contributed by atoms with van der Waals surface area (Å²) in [5.41, 5.74) is -0.274. The minimum Gasteiger partial charge on any atom is -0.379 e. The van der Waals surface area contributed by atoms with E-state index in [0.29, 0.717) is 25.7 Å². The summed E-state index contributed by atoms with van der Waals surface area (Å²) in [5.74, 6) is 0.698. The number of methoxy groups -OCH3 is 1. The van der Waals surface area contributed by atoms with Gasteiger partial charge < -0.3 is 20.1 Å². The number of nitrogens with zero attached hydrogens (tertiary/aromatic N) is 1. The van der Waals surface area contributed by atoms with Gasteiger partial charge in [0.25, 0.3) is 0 Å². The molecule has 0 unspecified atom stereocenters. The van der Waals surface area contributed by atoms with Crippen molar-refractivity contribution in [3.8, 4) is 0 Å². The van der Waals surface area contributed by atoms with Gasteiger partial charge in [0.2, 0.25) is 0 Å². The van der Waals surface area contributed by atoms with Crippen LogP contribution in [0.1, 0.15) is 13.8 Å². The van der Waals surface area contributed by atoms with Crippen LogP contribution in [0.5, 0.6) is 0 Å². The molecule has 0 saturated carbocycles. The number of aliphatic imine (C=N–C) groups is 1. The molecule has 0 saturated heterocycles. The number of hydrogen-bond acceptors (Lipinski definition) is 5. The summed E-state index contributed by atoms with van der Waals surface area (Å²) >= 11 is 0. The molecule has 0 aliphatic carbocycles. The highest BCUT2D eigenvalue weighted by Gasteiger charge is 2.16. The van der Waals surface area contributed by atoms with E-state index in [0.717, 1.165) is 0 Å². The van der Waals surface area contributed by atoms with E-state index in [1.807, 2.05) is 13.8 Å². The van der Waals surface area contributed by atoms with Crippen LogP contribution < -0.4 is 10.6 Å². The molecule has 0 aliphatic heterocycles. The zero-order valence-corrected chi connectivity index (χ0v) is 16.6. The molecule has 0 aromatic heterocycles. The lowest BCUT2D eigenvalue weighted by molar-refractivity contribution is 0.0268. The molecule has 7 nitrogen and oxygen atoms in total. The lowest BCUT2D eigenvalue weighted by Crippen LogP contribution is -2.46. The monoisotopic (exact) mass is 437 g/mol. The zero-order valence-electron chi connectivity index (χ0n) is 13.4. The number of sulfone groups is 1. The number of rotatable bonds is 9. The number of hydrogen-bond donors (Lipinski definition) is 2. The summed E-state index contributed by atoms with van der Waals surface area (Å²) in [7, 11) is 0.385.